The van der Waals surface area contributed by atoms with Crippen molar-refractivity contribution in [3.05, 3.63) is 34.9 Å². The van der Waals surface area contributed by atoms with Crippen molar-refractivity contribution in [3.63, 3.8) is 0 Å². The molecule has 0 radical (unpaired) electrons. The number of rotatable bonds is 2. The summed E-state index contributed by atoms with van der Waals surface area (Å²) < 4.78 is 29.1. The van der Waals surface area contributed by atoms with Gasteiger partial charge in [-0.2, -0.15) is 0 Å². The Hall–Kier alpha value is -0.960. The smallest absolute Gasteiger partial charge is 0.277 e. The normalized spacial score (nSPS) is 24.0. The number of halogens is 2. The van der Waals surface area contributed by atoms with E-state index in [0.717, 1.165) is 37.8 Å². The molecule has 1 atom stereocenters. The van der Waals surface area contributed by atoms with E-state index >= 15 is 0 Å². The third-order valence-electron chi connectivity index (χ3n) is 4.54. The molecule has 1 aliphatic carbocycles. The van der Waals surface area contributed by atoms with Gasteiger partial charge >= 0.3 is 0 Å². The van der Waals surface area contributed by atoms with E-state index in [1.165, 1.54) is 12.0 Å². The van der Waals surface area contributed by atoms with Gasteiger partial charge in [-0.3, -0.25) is 0 Å². The standard InChI is InChI=1S/C16H21F2N/c17-16(18,15-6-3-9-19-11-15)14-8-7-12-4-1-2-5-13(12)10-14/h7-8,10,15,19H,1-6,9,11H2. The summed E-state index contributed by atoms with van der Waals surface area (Å²) >= 11 is 0. The van der Waals surface area contributed by atoms with Crippen molar-refractivity contribution in [2.24, 2.45) is 5.92 Å². The van der Waals surface area contributed by atoms with Crippen LogP contribution in [0.5, 0.6) is 0 Å². The molecule has 19 heavy (non-hydrogen) atoms. The van der Waals surface area contributed by atoms with Gasteiger partial charge < -0.3 is 5.32 Å². The second-order valence-electron chi connectivity index (χ2n) is 5.86. The lowest BCUT2D eigenvalue weighted by atomic mass is 9.84. The molecule has 104 valence electrons. The number of piperidine rings is 1. The van der Waals surface area contributed by atoms with Crippen molar-refractivity contribution in [1.82, 2.24) is 5.32 Å². The van der Waals surface area contributed by atoms with E-state index in [2.05, 4.69) is 5.32 Å². The maximum absolute atomic E-state index is 14.6. The molecule has 0 bridgehead atoms. The molecule has 0 amide bonds. The van der Waals surface area contributed by atoms with Crippen LogP contribution >= 0.6 is 0 Å². The molecule has 3 heteroatoms. The third-order valence-corrected chi connectivity index (χ3v) is 4.54. The summed E-state index contributed by atoms with van der Waals surface area (Å²) in [4.78, 5) is 0. The lowest BCUT2D eigenvalue weighted by Gasteiger charge is -2.31. The van der Waals surface area contributed by atoms with Gasteiger partial charge in [0.1, 0.15) is 0 Å². The first kappa shape index (κ1) is 13.0. The van der Waals surface area contributed by atoms with Gasteiger partial charge in [-0.05, 0) is 62.3 Å². The molecular formula is C16H21F2N. The summed E-state index contributed by atoms with van der Waals surface area (Å²) in [5.41, 5.74) is 2.64. The minimum Gasteiger partial charge on any atom is -0.316 e. The Morgan fingerprint density at radius 1 is 1.05 bits per heavy atom. The van der Waals surface area contributed by atoms with E-state index in [1.54, 1.807) is 12.1 Å². The first-order valence-corrected chi connectivity index (χ1v) is 7.39. The van der Waals surface area contributed by atoms with Crippen LogP contribution in [0.2, 0.25) is 0 Å². The highest BCUT2D eigenvalue weighted by Gasteiger charge is 2.41. The Bertz CT molecular complexity index is 450. The number of benzene rings is 1. The second-order valence-corrected chi connectivity index (χ2v) is 5.86. The summed E-state index contributed by atoms with van der Waals surface area (Å²) in [7, 11) is 0. The first-order valence-electron chi connectivity index (χ1n) is 7.39. The van der Waals surface area contributed by atoms with Gasteiger partial charge in [0.2, 0.25) is 0 Å². The highest BCUT2D eigenvalue weighted by molar-refractivity contribution is 5.36. The van der Waals surface area contributed by atoms with Crippen LogP contribution < -0.4 is 5.32 Å². The maximum Gasteiger partial charge on any atom is 0.277 e. The van der Waals surface area contributed by atoms with Crippen LogP contribution in [-0.2, 0) is 18.8 Å². The molecule has 1 aliphatic heterocycles. The van der Waals surface area contributed by atoms with Gasteiger partial charge in [-0.25, -0.2) is 8.78 Å². The molecule has 1 fully saturated rings. The zero-order chi connectivity index (χ0) is 13.3. The van der Waals surface area contributed by atoms with Crippen LogP contribution in [0.1, 0.15) is 42.4 Å². The largest absolute Gasteiger partial charge is 0.316 e. The van der Waals surface area contributed by atoms with Crippen LogP contribution in [0.3, 0.4) is 0 Å². The number of fused-ring (bicyclic) bond motifs is 1. The molecule has 1 unspecified atom stereocenters. The summed E-state index contributed by atoms with van der Waals surface area (Å²) in [6.45, 7) is 1.31. The number of nitrogens with one attached hydrogen (secondary N) is 1. The number of alkyl halides is 2. The minimum absolute atomic E-state index is 0.224. The average molecular weight is 265 g/mol. The lowest BCUT2D eigenvalue weighted by molar-refractivity contribution is -0.0725. The van der Waals surface area contributed by atoms with Crippen LogP contribution in [-0.4, -0.2) is 13.1 Å². The lowest BCUT2D eigenvalue weighted by Crippen LogP contribution is -2.39. The molecule has 3 rings (SSSR count). The van der Waals surface area contributed by atoms with Crippen molar-refractivity contribution in [3.8, 4) is 0 Å². The van der Waals surface area contributed by atoms with E-state index in [1.807, 2.05) is 6.07 Å². The molecule has 0 saturated carbocycles. The molecule has 2 aliphatic rings. The van der Waals surface area contributed by atoms with Gasteiger partial charge in [0.15, 0.2) is 0 Å². The van der Waals surface area contributed by atoms with Crippen molar-refractivity contribution >= 4 is 0 Å². The fourth-order valence-electron chi connectivity index (χ4n) is 3.34. The number of hydrogen-bond donors (Lipinski definition) is 1. The molecule has 1 aromatic rings. The zero-order valence-electron chi connectivity index (χ0n) is 11.2. The Kier molecular flexibility index (Phi) is 3.57. The SMILES string of the molecule is FC(F)(c1ccc2c(c1)CCCC2)C1CCCNC1. The molecular weight excluding hydrogens is 244 g/mol. The number of aryl methyl sites for hydroxylation is 2. The Balaban J connectivity index is 1.87. The molecule has 1 aromatic carbocycles. The Morgan fingerprint density at radius 3 is 2.58 bits per heavy atom. The van der Waals surface area contributed by atoms with E-state index in [9.17, 15) is 8.78 Å². The number of hydrogen-bond acceptors (Lipinski definition) is 1. The minimum atomic E-state index is -2.69. The Labute approximate surface area is 113 Å². The van der Waals surface area contributed by atoms with Crippen LogP contribution in [0.15, 0.2) is 18.2 Å². The quantitative estimate of drug-likeness (QED) is 0.860. The van der Waals surface area contributed by atoms with Gasteiger partial charge in [-0.1, -0.05) is 12.1 Å². The topological polar surface area (TPSA) is 12.0 Å². The highest BCUT2D eigenvalue weighted by Crippen LogP contribution is 2.40. The second kappa shape index (κ2) is 5.20. The molecule has 1 saturated heterocycles. The predicted molar refractivity (Wildman–Crippen MR) is 72.6 cm³/mol. The van der Waals surface area contributed by atoms with E-state index < -0.39 is 11.8 Å². The van der Waals surface area contributed by atoms with Crippen LogP contribution in [0.4, 0.5) is 8.78 Å². The fourth-order valence-corrected chi connectivity index (χ4v) is 3.34. The molecule has 1 nitrogen and oxygen atoms in total. The average Bonchev–Trinajstić information content (AvgIpc) is 2.47. The van der Waals surface area contributed by atoms with E-state index in [-0.39, 0.29) is 5.56 Å². The van der Waals surface area contributed by atoms with Crippen LogP contribution in [0.25, 0.3) is 0 Å². The fraction of sp³-hybridized carbons (Fsp3) is 0.625. The summed E-state index contributed by atoms with van der Waals surface area (Å²) in [6.07, 6.45) is 5.80. The predicted octanol–water partition coefficient (Wildman–Crippen LogP) is 3.66. The molecule has 0 aromatic heterocycles. The first-order chi connectivity index (χ1) is 9.18. The molecule has 0 spiro atoms. The van der Waals surface area contributed by atoms with E-state index in [0.29, 0.717) is 13.0 Å². The van der Waals surface area contributed by atoms with Gasteiger partial charge in [0.25, 0.3) is 5.92 Å². The summed E-state index contributed by atoms with van der Waals surface area (Å²) in [5, 5.41) is 3.09. The van der Waals surface area contributed by atoms with Crippen molar-refractivity contribution in [2.45, 2.75) is 44.4 Å². The van der Waals surface area contributed by atoms with Gasteiger partial charge in [0, 0.05) is 18.0 Å². The monoisotopic (exact) mass is 265 g/mol. The van der Waals surface area contributed by atoms with Crippen molar-refractivity contribution < 1.29 is 8.78 Å². The molecule has 1 heterocycles. The van der Waals surface area contributed by atoms with E-state index in [4.69, 9.17) is 0 Å². The summed E-state index contributed by atoms with van der Waals surface area (Å²) in [5.74, 6) is -3.25. The van der Waals surface area contributed by atoms with Gasteiger partial charge in [0.05, 0.1) is 0 Å². The maximum atomic E-state index is 14.6. The Morgan fingerprint density at radius 2 is 1.84 bits per heavy atom. The van der Waals surface area contributed by atoms with Crippen LogP contribution in [0, 0.1) is 5.92 Å². The molecule has 1 N–H and O–H groups in total. The highest BCUT2D eigenvalue weighted by atomic mass is 19.3. The zero-order valence-corrected chi connectivity index (χ0v) is 11.2. The van der Waals surface area contributed by atoms with Gasteiger partial charge in [-0.15, -0.1) is 0 Å². The van der Waals surface area contributed by atoms with Crippen molar-refractivity contribution in [1.29, 1.82) is 0 Å². The third kappa shape index (κ3) is 2.53. The summed E-state index contributed by atoms with van der Waals surface area (Å²) in [6, 6.07) is 5.34. The van der Waals surface area contributed by atoms with Crippen molar-refractivity contribution in [2.75, 3.05) is 13.1 Å².